The first-order chi connectivity index (χ1) is 20.7. The van der Waals surface area contributed by atoms with Gasteiger partial charge in [0.15, 0.2) is 6.29 Å². The Morgan fingerprint density at radius 1 is 0.310 bits per heavy atom. The number of hydrogen-bond donors (Lipinski definition) is 2. The number of aliphatic hydroxyl groups excluding tert-OH is 1. The van der Waals surface area contributed by atoms with Gasteiger partial charge in [0.1, 0.15) is 0 Å². The van der Waals surface area contributed by atoms with Crippen LogP contribution >= 0.6 is 0 Å². The molecule has 2 N–H and O–H groups in total. The van der Waals surface area contributed by atoms with E-state index in [1.165, 1.54) is 205 Å². The Bertz CT molecular complexity index is 392. The quantitative estimate of drug-likeness (QED) is 0.0563. The lowest BCUT2D eigenvalue weighted by molar-refractivity contribution is -0.0413. The van der Waals surface area contributed by atoms with Crippen molar-refractivity contribution in [3.05, 3.63) is 0 Å². The number of ether oxygens (including phenoxy) is 1. The van der Waals surface area contributed by atoms with Crippen LogP contribution in [0.5, 0.6) is 0 Å². The molecule has 0 aliphatic heterocycles. The van der Waals surface area contributed by atoms with Crippen molar-refractivity contribution in [1.29, 1.82) is 0 Å². The number of rotatable bonds is 35. The first-order valence-corrected chi connectivity index (χ1v) is 19.6. The largest absolute Gasteiger partial charge is 0.381 e. The van der Waals surface area contributed by atoms with Crippen molar-refractivity contribution in [2.75, 3.05) is 13.2 Å². The summed E-state index contributed by atoms with van der Waals surface area (Å²) in [6.07, 6.45) is 45.3. The Balaban J connectivity index is 0. The van der Waals surface area contributed by atoms with Gasteiger partial charge in [-0.25, -0.2) is 0 Å². The molecule has 0 fully saturated rings. The van der Waals surface area contributed by atoms with Gasteiger partial charge in [0.2, 0.25) is 0 Å². The maximum absolute atomic E-state index is 7.92. The highest BCUT2D eigenvalue weighted by atomic mass is 16.5. The molecule has 0 spiro atoms. The van der Waals surface area contributed by atoms with Gasteiger partial charge in [0, 0.05) is 13.2 Å². The fraction of sp³-hybridized carbons (Fsp3) is 1.00. The molecule has 0 aromatic rings. The molecule has 3 heteroatoms. The molecule has 0 saturated carbocycles. The molecule has 0 aliphatic carbocycles. The van der Waals surface area contributed by atoms with Crippen LogP contribution in [0.3, 0.4) is 0 Å². The molecule has 0 saturated heterocycles. The molecule has 42 heavy (non-hydrogen) atoms. The average molecular weight is 599 g/mol. The lowest BCUT2D eigenvalue weighted by Gasteiger charge is -2.06. The summed E-state index contributed by atoms with van der Waals surface area (Å²) in [5, 5.41) is 15.8. The fourth-order valence-corrected chi connectivity index (χ4v) is 5.61. The molecular weight excluding hydrogens is 516 g/mol. The van der Waals surface area contributed by atoms with E-state index in [0.29, 0.717) is 6.42 Å². The second kappa shape index (κ2) is 43.0. The lowest BCUT2D eigenvalue weighted by atomic mass is 10.0. The minimum atomic E-state index is -1.12. The van der Waals surface area contributed by atoms with E-state index < -0.39 is 6.29 Å². The molecule has 0 aliphatic rings. The van der Waals surface area contributed by atoms with E-state index in [1.54, 1.807) is 6.92 Å². The molecule has 0 aromatic carbocycles. The molecular formula is C39H82O3. The first-order valence-electron chi connectivity index (χ1n) is 19.6. The maximum Gasteiger partial charge on any atom is 0.151 e. The summed E-state index contributed by atoms with van der Waals surface area (Å²) in [6.45, 7) is 8.30. The van der Waals surface area contributed by atoms with Gasteiger partial charge in [0.05, 0.1) is 0 Å². The Hall–Kier alpha value is -0.120. The molecule has 256 valence electrons. The standard InChI is InChI=1S/C36H74O.C3H8O2/c1-3-5-7-9-11-13-15-17-19-21-23-25-27-29-31-33-35-37-36-34-32-30-28-26-24-22-20-18-16-14-12-10-8-6-4-2;1-2-3(4)5/h3-36H2,1-2H3;3-5H,2H2,1H3. The normalized spacial score (nSPS) is 11.3. The van der Waals surface area contributed by atoms with Crippen molar-refractivity contribution >= 4 is 0 Å². The van der Waals surface area contributed by atoms with Crippen LogP contribution in [0.2, 0.25) is 0 Å². The minimum Gasteiger partial charge on any atom is -0.381 e. The van der Waals surface area contributed by atoms with Crippen LogP contribution in [0.25, 0.3) is 0 Å². The van der Waals surface area contributed by atoms with E-state index >= 15 is 0 Å². The van der Waals surface area contributed by atoms with E-state index in [4.69, 9.17) is 14.9 Å². The summed E-state index contributed by atoms with van der Waals surface area (Å²) >= 11 is 0. The van der Waals surface area contributed by atoms with Crippen molar-refractivity contribution in [1.82, 2.24) is 0 Å². The Labute approximate surface area is 266 Å². The van der Waals surface area contributed by atoms with E-state index in [9.17, 15) is 0 Å². The van der Waals surface area contributed by atoms with Crippen LogP contribution < -0.4 is 0 Å². The van der Waals surface area contributed by atoms with Crippen LogP contribution in [0.1, 0.15) is 233 Å². The average Bonchev–Trinajstić information content (AvgIpc) is 2.99. The zero-order chi connectivity index (χ0) is 31.0. The van der Waals surface area contributed by atoms with Crippen molar-refractivity contribution in [3.63, 3.8) is 0 Å². The van der Waals surface area contributed by atoms with Gasteiger partial charge in [-0.3, -0.25) is 0 Å². The first kappa shape index (κ1) is 44.0. The van der Waals surface area contributed by atoms with Crippen LogP contribution in [0.4, 0.5) is 0 Å². The smallest absolute Gasteiger partial charge is 0.151 e. The van der Waals surface area contributed by atoms with E-state index in [-0.39, 0.29) is 0 Å². The summed E-state index contributed by atoms with van der Waals surface area (Å²) in [6, 6.07) is 0. The van der Waals surface area contributed by atoms with Crippen molar-refractivity contribution in [2.24, 2.45) is 0 Å². The molecule has 0 unspecified atom stereocenters. The van der Waals surface area contributed by atoms with Crippen LogP contribution in [0.15, 0.2) is 0 Å². The third-order valence-corrected chi connectivity index (χ3v) is 8.65. The topological polar surface area (TPSA) is 49.7 Å². The Morgan fingerprint density at radius 2 is 0.476 bits per heavy atom. The lowest BCUT2D eigenvalue weighted by Crippen LogP contribution is -1.99. The van der Waals surface area contributed by atoms with Gasteiger partial charge in [-0.15, -0.1) is 0 Å². The number of hydrogen-bond acceptors (Lipinski definition) is 3. The van der Waals surface area contributed by atoms with Gasteiger partial charge in [-0.2, -0.15) is 0 Å². The molecule has 0 heterocycles. The van der Waals surface area contributed by atoms with Crippen molar-refractivity contribution in [2.45, 2.75) is 239 Å². The van der Waals surface area contributed by atoms with E-state index in [0.717, 1.165) is 13.2 Å². The predicted molar refractivity (Wildman–Crippen MR) is 188 cm³/mol. The van der Waals surface area contributed by atoms with Crippen molar-refractivity contribution in [3.8, 4) is 0 Å². The maximum atomic E-state index is 7.92. The molecule has 0 atom stereocenters. The fourth-order valence-electron chi connectivity index (χ4n) is 5.61. The van der Waals surface area contributed by atoms with Gasteiger partial charge in [-0.05, 0) is 19.3 Å². The summed E-state index contributed by atoms with van der Waals surface area (Å²) in [7, 11) is 0. The van der Waals surface area contributed by atoms with Gasteiger partial charge in [0.25, 0.3) is 0 Å². The SMILES string of the molecule is CCC(O)O.CCCCCCCCCCCCCCCCCCOCCCCCCCCCCCCCCCCCC. The number of aliphatic hydroxyl groups is 2. The van der Waals surface area contributed by atoms with Crippen LogP contribution in [-0.4, -0.2) is 29.7 Å². The third kappa shape index (κ3) is 46.8. The molecule has 0 rings (SSSR count). The van der Waals surface area contributed by atoms with Crippen LogP contribution in [0, 0.1) is 0 Å². The molecule has 0 radical (unpaired) electrons. The summed E-state index contributed by atoms with van der Waals surface area (Å²) < 4.78 is 5.87. The summed E-state index contributed by atoms with van der Waals surface area (Å²) in [5.74, 6) is 0. The predicted octanol–water partition coefficient (Wildman–Crippen LogP) is 13.2. The monoisotopic (exact) mass is 599 g/mol. The minimum absolute atomic E-state index is 0.417. The van der Waals surface area contributed by atoms with E-state index in [2.05, 4.69) is 13.8 Å². The molecule has 0 bridgehead atoms. The summed E-state index contributed by atoms with van der Waals surface area (Å²) in [5.41, 5.74) is 0. The highest BCUT2D eigenvalue weighted by Gasteiger charge is 1.97. The van der Waals surface area contributed by atoms with Gasteiger partial charge in [-0.1, -0.05) is 213 Å². The highest BCUT2D eigenvalue weighted by molar-refractivity contribution is 4.52. The number of unbranched alkanes of at least 4 members (excludes halogenated alkanes) is 30. The molecule has 0 amide bonds. The third-order valence-electron chi connectivity index (χ3n) is 8.65. The Kier molecular flexibility index (Phi) is 45.1. The second-order valence-corrected chi connectivity index (χ2v) is 13.1. The Morgan fingerprint density at radius 3 is 0.643 bits per heavy atom. The summed E-state index contributed by atoms with van der Waals surface area (Å²) in [4.78, 5) is 0. The second-order valence-electron chi connectivity index (χ2n) is 13.1. The zero-order valence-corrected chi connectivity index (χ0v) is 29.6. The molecule has 0 aromatic heterocycles. The van der Waals surface area contributed by atoms with Crippen LogP contribution in [-0.2, 0) is 4.74 Å². The highest BCUT2D eigenvalue weighted by Crippen LogP contribution is 2.15. The van der Waals surface area contributed by atoms with E-state index in [1.807, 2.05) is 0 Å². The van der Waals surface area contributed by atoms with Gasteiger partial charge >= 0.3 is 0 Å². The molecule has 3 nitrogen and oxygen atoms in total. The zero-order valence-electron chi connectivity index (χ0n) is 29.6. The van der Waals surface area contributed by atoms with Gasteiger partial charge < -0.3 is 14.9 Å². The van der Waals surface area contributed by atoms with Crippen molar-refractivity contribution < 1.29 is 14.9 Å².